The summed E-state index contributed by atoms with van der Waals surface area (Å²) in [6.45, 7) is 3.55. The summed E-state index contributed by atoms with van der Waals surface area (Å²) >= 11 is 0. The number of allylic oxidation sites excluding steroid dienone is 2. The Kier molecular flexibility index (Phi) is 1.52. The third kappa shape index (κ3) is 0.997. The minimum atomic E-state index is 0.382. The molecule has 0 aromatic heterocycles. The van der Waals surface area contributed by atoms with Crippen molar-refractivity contribution < 1.29 is 0 Å². The van der Waals surface area contributed by atoms with E-state index in [-0.39, 0.29) is 0 Å². The molecule has 1 heteroatoms. The molecule has 0 saturated carbocycles. The molecule has 0 spiro atoms. The molecule has 1 nitrogen and oxygen atoms in total. The third-order valence-corrected chi connectivity index (χ3v) is 1.06. The summed E-state index contributed by atoms with van der Waals surface area (Å²) in [5.41, 5.74) is 0. The van der Waals surface area contributed by atoms with Crippen molar-refractivity contribution in [3.05, 3.63) is 37.1 Å². The van der Waals surface area contributed by atoms with Gasteiger partial charge in [0, 0.05) is 0 Å². The normalized spacial score (nSPS) is 17.0. The Morgan fingerprint density at radius 2 is 2.00 bits per heavy atom. The molecule has 0 aromatic carbocycles. The van der Waals surface area contributed by atoms with Gasteiger partial charge in [0.2, 0.25) is 0 Å². The zero-order valence-corrected chi connectivity index (χ0v) is 4.67. The van der Waals surface area contributed by atoms with Crippen molar-refractivity contribution in [2.75, 3.05) is 0 Å². The Balaban J connectivity index is 2.37. The molecule has 1 rings (SSSR count). The van der Waals surface area contributed by atoms with Crippen molar-refractivity contribution in [1.82, 2.24) is 5.32 Å². The van der Waals surface area contributed by atoms with Crippen LogP contribution < -0.4 is 5.32 Å². The highest BCUT2D eigenvalue weighted by molar-refractivity contribution is 5.21. The first-order chi connectivity index (χ1) is 3.93. The Morgan fingerprint density at radius 1 is 1.38 bits per heavy atom. The molecule has 8 heavy (non-hydrogen) atoms. The van der Waals surface area contributed by atoms with E-state index in [0.29, 0.717) is 6.04 Å². The fraction of sp³-hybridized carbons (Fsp3) is 0.143. The summed E-state index contributed by atoms with van der Waals surface area (Å²) in [5, 5.41) is 3.03. The zero-order valence-electron chi connectivity index (χ0n) is 4.67. The van der Waals surface area contributed by atoms with Gasteiger partial charge in [0.1, 0.15) is 0 Å². The van der Waals surface area contributed by atoms with Crippen LogP contribution in [-0.2, 0) is 0 Å². The van der Waals surface area contributed by atoms with Gasteiger partial charge in [0.15, 0.2) is 0 Å². The predicted octanol–water partition coefficient (Wildman–Crippen LogP) is 1.21. The standard InChI is InChI=1S/C7H9N/c1-2-8-7-5-3-4-6-7/h2-8H,1H2. The highest BCUT2D eigenvalue weighted by Crippen LogP contribution is 1.97. The van der Waals surface area contributed by atoms with Crippen LogP contribution in [0.3, 0.4) is 0 Å². The van der Waals surface area contributed by atoms with E-state index < -0.39 is 0 Å². The summed E-state index contributed by atoms with van der Waals surface area (Å²) in [6.07, 6.45) is 9.87. The third-order valence-electron chi connectivity index (χ3n) is 1.06. The molecule has 0 fully saturated rings. The number of nitrogens with one attached hydrogen (secondary N) is 1. The van der Waals surface area contributed by atoms with Crippen LogP contribution in [0.4, 0.5) is 0 Å². The van der Waals surface area contributed by atoms with Gasteiger partial charge in [-0.2, -0.15) is 0 Å². The molecule has 1 aliphatic rings. The molecule has 42 valence electrons. The van der Waals surface area contributed by atoms with Crippen molar-refractivity contribution in [2.45, 2.75) is 6.04 Å². The molecule has 0 amide bonds. The minimum Gasteiger partial charge on any atom is -0.382 e. The Bertz CT molecular complexity index is 121. The smallest absolute Gasteiger partial charge is 0.0629 e. The van der Waals surface area contributed by atoms with Crippen LogP contribution in [0.15, 0.2) is 37.1 Å². The summed E-state index contributed by atoms with van der Waals surface area (Å²) in [6, 6.07) is 0.382. The van der Waals surface area contributed by atoms with Crippen molar-refractivity contribution in [3.8, 4) is 0 Å². The lowest BCUT2D eigenvalue weighted by atomic mass is 10.3. The molecule has 1 aliphatic carbocycles. The Morgan fingerprint density at radius 3 is 2.50 bits per heavy atom. The molecular formula is C7H9N. The molecule has 0 radical (unpaired) electrons. The van der Waals surface area contributed by atoms with E-state index in [1.165, 1.54) is 0 Å². The van der Waals surface area contributed by atoms with E-state index in [1.807, 2.05) is 12.2 Å². The maximum absolute atomic E-state index is 3.55. The van der Waals surface area contributed by atoms with Crippen LogP contribution >= 0.6 is 0 Å². The van der Waals surface area contributed by atoms with Gasteiger partial charge >= 0.3 is 0 Å². The summed E-state index contributed by atoms with van der Waals surface area (Å²) in [7, 11) is 0. The van der Waals surface area contributed by atoms with Crippen LogP contribution in [0.25, 0.3) is 0 Å². The zero-order chi connectivity index (χ0) is 5.82. The van der Waals surface area contributed by atoms with Crippen LogP contribution in [-0.4, -0.2) is 6.04 Å². The summed E-state index contributed by atoms with van der Waals surface area (Å²) in [5.74, 6) is 0. The van der Waals surface area contributed by atoms with E-state index in [2.05, 4.69) is 24.0 Å². The molecular weight excluding hydrogens is 98.1 g/mol. The van der Waals surface area contributed by atoms with E-state index in [1.54, 1.807) is 6.20 Å². The first kappa shape index (κ1) is 5.16. The van der Waals surface area contributed by atoms with Crippen molar-refractivity contribution in [3.63, 3.8) is 0 Å². The van der Waals surface area contributed by atoms with Crippen LogP contribution in [0, 0.1) is 0 Å². The van der Waals surface area contributed by atoms with Gasteiger partial charge in [-0.1, -0.05) is 30.9 Å². The molecule has 0 aromatic rings. The maximum atomic E-state index is 3.55. The van der Waals surface area contributed by atoms with Crippen LogP contribution in [0.5, 0.6) is 0 Å². The van der Waals surface area contributed by atoms with Crippen molar-refractivity contribution >= 4 is 0 Å². The molecule has 1 N–H and O–H groups in total. The van der Waals surface area contributed by atoms with Gasteiger partial charge in [-0.25, -0.2) is 0 Å². The second-order valence-corrected chi connectivity index (χ2v) is 1.67. The second-order valence-electron chi connectivity index (χ2n) is 1.67. The lowest BCUT2D eigenvalue weighted by Crippen LogP contribution is -2.16. The molecule has 0 unspecified atom stereocenters. The molecule has 0 heterocycles. The number of hydrogen-bond donors (Lipinski definition) is 1. The highest BCUT2D eigenvalue weighted by atomic mass is 14.9. The second kappa shape index (κ2) is 2.36. The van der Waals surface area contributed by atoms with Crippen LogP contribution in [0.2, 0.25) is 0 Å². The SMILES string of the molecule is C=CNC1C=CC=C1. The van der Waals surface area contributed by atoms with E-state index >= 15 is 0 Å². The average molecular weight is 107 g/mol. The molecule has 0 atom stereocenters. The fourth-order valence-corrected chi connectivity index (χ4v) is 0.679. The fourth-order valence-electron chi connectivity index (χ4n) is 0.679. The van der Waals surface area contributed by atoms with Crippen LogP contribution in [0.1, 0.15) is 0 Å². The van der Waals surface area contributed by atoms with E-state index in [0.717, 1.165) is 0 Å². The topological polar surface area (TPSA) is 12.0 Å². The number of hydrogen-bond acceptors (Lipinski definition) is 1. The average Bonchev–Trinajstić information content (AvgIpc) is 2.19. The first-order valence-electron chi connectivity index (χ1n) is 2.65. The Labute approximate surface area is 49.4 Å². The quantitative estimate of drug-likeness (QED) is 0.559. The van der Waals surface area contributed by atoms with Gasteiger partial charge < -0.3 is 5.32 Å². The van der Waals surface area contributed by atoms with Gasteiger partial charge in [0.05, 0.1) is 6.04 Å². The lowest BCUT2D eigenvalue weighted by Gasteiger charge is -2.01. The predicted molar refractivity (Wildman–Crippen MR) is 35.4 cm³/mol. The van der Waals surface area contributed by atoms with Gasteiger partial charge in [0.25, 0.3) is 0 Å². The summed E-state index contributed by atoms with van der Waals surface area (Å²) < 4.78 is 0. The van der Waals surface area contributed by atoms with Crippen molar-refractivity contribution in [2.24, 2.45) is 0 Å². The van der Waals surface area contributed by atoms with E-state index in [4.69, 9.17) is 0 Å². The molecule has 0 bridgehead atoms. The highest BCUT2D eigenvalue weighted by Gasteiger charge is 1.96. The van der Waals surface area contributed by atoms with Gasteiger partial charge in [-0.05, 0) is 6.20 Å². The van der Waals surface area contributed by atoms with Crippen molar-refractivity contribution in [1.29, 1.82) is 0 Å². The Hall–Kier alpha value is -0.980. The first-order valence-corrected chi connectivity index (χ1v) is 2.65. The minimum absolute atomic E-state index is 0.382. The maximum Gasteiger partial charge on any atom is 0.0629 e. The molecule has 0 aliphatic heterocycles. The lowest BCUT2D eigenvalue weighted by molar-refractivity contribution is 0.851. The summed E-state index contributed by atoms with van der Waals surface area (Å²) in [4.78, 5) is 0. The van der Waals surface area contributed by atoms with E-state index in [9.17, 15) is 0 Å². The number of rotatable bonds is 2. The monoisotopic (exact) mass is 107 g/mol. The molecule has 0 saturated heterocycles. The largest absolute Gasteiger partial charge is 0.382 e. The van der Waals surface area contributed by atoms with Gasteiger partial charge in [-0.15, -0.1) is 0 Å². The van der Waals surface area contributed by atoms with Gasteiger partial charge in [-0.3, -0.25) is 0 Å².